The molecule has 0 aliphatic carbocycles. The van der Waals surface area contributed by atoms with Crippen molar-refractivity contribution in [3.8, 4) is 5.75 Å². The predicted molar refractivity (Wildman–Crippen MR) is 46.8 cm³/mol. The van der Waals surface area contributed by atoms with Gasteiger partial charge < -0.3 is 15.7 Å². The van der Waals surface area contributed by atoms with Crippen LogP contribution in [0.25, 0.3) is 0 Å². The maximum Gasteiger partial charge on any atom is 0.119 e. The fourth-order valence-electron chi connectivity index (χ4n) is 0.876. The largest absolute Gasteiger partial charge is 0.508 e. The Balaban J connectivity index is 3.08. The van der Waals surface area contributed by atoms with Gasteiger partial charge in [0.2, 0.25) is 0 Å². The van der Waals surface area contributed by atoms with Crippen molar-refractivity contribution < 1.29 is 5.11 Å². The number of nitrogens with zero attached hydrogens (tertiary/aromatic N) is 1. The Labute approximate surface area is 66.1 Å². The molecule has 0 heterocycles. The summed E-state index contributed by atoms with van der Waals surface area (Å²) in [4.78, 5) is 1.88. The molecular formula is C8H12N2O. The predicted octanol–water partition coefficient (Wildman–Crippen LogP) is 1.04. The maximum atomic E-state index is 9.14. The van der Waals surface area contributed by atoms with E-state index in [1.165, 1.54) is 6.07 Å². The maximum absolute atomic E-state index is 9.14. The Kier molecular flexibility index (Phi) is 1.89. The molecule has 60 valence electrons. The monoisotopic (exact) mass is 152 g/mol. The molecule has 0 saturated carbocycles. The average molecular weight is 152 g/mol. The molecule has 0 aliphatic heterocycles. The van der Waals surface area contributed by atoms with Crippen LogP contribution >= 0.6 is 0 Å². The third kappa shape index (κ3) is 1.77. The van der Waals surface area contributed by atoms with Crippen molar-refractivity contribution in [1.29, 1.82) is 0 Å². The minimum absolute atomic E-state index is 0.203. The van der Waals surface area contributed by atoms with Gasteiger partial charge in [0.1, 0.15) is 5.75 Å². The van der Waals surface area contributed by atoms with E-state index in [2.05, 4.69) is 0 Å². The van der Waals surface area contributed by atoms with Crippen LogP contribution in [0.5, 0.6) is 5.75 Å². The van der Waals surface area contributed by atoms with Gasteiger partial charge >= 0.3 is 0 Å². The van der Waals surface area contributed by atoms with E-state index in [-0.39, 0.29) is 5.75 Å². The number of aromatic hydroxyl groups is 1. The molecular weight excluding hydrogens is 140 g/mol. The van der Waals surface area contributed by atoms with E-state index in [0.717, 1.165) is 5.69 Å². The molecule has 3 heteroatoms. The molecule has 1 aromatic carbocycles. The van der Waals surface area contributed by atoms with Crippen molar-refractivity contribution in [1.82, 2.24) is 0 Å². The minimum atomic E-state index is 0.203. The van der Waals surface area contributed by atoms with Crippen LogP contribution < -0.4 is 10.6 Å². The molecule has 1 aromatic rings. The first-order valence-electron chi connectivity index (χ1n) is 3.36. The molecule has 0 amide bonds. The van der Waals surface area contributed by atoms with E-state index in [9.17, 15) is 0 Å². The lowest BCUT2D eigenvalue weighted by molar-refractivity contribution is 0.475. The zero-order valence-corrected chi connectivity index (χ0v) is 6.70. The Hall–Kier alpha value is -1.38. The summed E-state index contributed by atoms with van der Waals surface area (Å²) >= 11 is 0. The smallest absolute Gasteiger partial charge is 0.119 e. The summed E-state index contributed by atoms with van der Waals surface area (Å²) in [7, 11) is 3.79. The van der Waals surface area contributed by atoms with Crippen molar-refractivity contribution in [2.75, 3.05) is 24.7 Å². The van der Waals surface area contributed by atoms with E-state index >= 15 is 0 Å². The number of hydrogen-bond donors (Lipinski definition) is 2. The van der Waals surface area contributed by atoms with Crippen LogP contribution in [-0.2, 0) is 0 Å². The number of rotatable bonds is 1. The molecule has 1 rings (SSSR count). The molecule has 0 saturated heterocycles. The van der Waals surface area contributed by atoms with Gasteiger partial charge in [0.25, 0.3) is 0 Å². The van der Waals surface area contributed by atoms with Crippen LogP contribution in [0.15, 0.2) is 18.2 Å². The molecule has 0 spiro atoms. The van der Waals surface area contributed by atoms with Gasteiger partial charge in [0.05, 0.1) is 0 Å². The van der Waals surface area contributed by atoms with Gasteiger partial charge in [-0.25, -0.2) is 0 Å². The summed E-state index contributed by atoms with van der Waals surface area (Å²) in [5, 5.41) is 9.14. The summed E-state index contributed by atoms with van der Waals surface area (Å²) in [5.41, 5.74) is 6.99. The SMILES string of the molecule is CN(C)c1cc(N)cc(O)c1. The Morgan fingerprint density at radius 2 is 1.91 bits per heavy atom. The first kappa shape index (κ1) is 7.72. The van der Waals surface area contributed by atoms with Crippen molar-refractivity contribution in [2.24, 2.45) is 0 Å². The lowest BCUT2D eigenvalue weighted by atomic mass is 10.2. The van der Waals surface area contributed by atoms with E-state index < -0.39 is 0 Å². The molecule has 0 aliphatic rings. The minimum Gasteiger partial charge on any atom is -0.508 e. The number of phenols is 1. The molecule has 0 unspecified atom stereocenters. The summed E-state index contributed by atoms with van der Waals surface area (Å²) < 4.78 is 0. The van der Waals surface area contributed by atoms with Crippen molar-refractivity contribution in [2.45, 2.75) is 0 Å². The van der Waals surface area contributed by atoms with Crippen molar-refractivity contribution in [3.05, 3.63) is 18.2 Å². The third-order valence-corrected chi connectivity index (χ3v) is 1.44. The Morgan fingerprint density at radius 3 is 2.36 bits per heavy atom. The molecule has 0 atom stereocenters. The molecule has 3 N–H and O–H groups in total. The number of nitrogen functional groups attached to an aromatic ring is 1. The highest BCUT2D eigenvalue weighted by Crippen LogP contribution is 2.22. The summed E-state index contributed by atoms with van der Waals surface area (Å²) in [6.45, 7) is 0. The first-order chi connectivity index (χ1) is 5.09. The normalized spacial score (nSPS) is 9.64. The second kappa shape index (κ2) is 2.70. The van der Waals surface area contributed by atoms with Gasteiger partial charge in [0, 0.05) is 37.6 Å². The number of phenolic OH excluding ortho intramolecular Hbond substituents is 1. The highest BCUT2D eigenvalue weighted by atomic mass is 16.3. The molecule has 0 aromatic heterocycles. The molecule has 11 heavy (non-hydrogen) atoms. The lowest BCUT2D eigenvalue weighted by Gasteiger charge is -2.12. The number of hydrogen-bond acceptors (Lipinski definition) is 3. The van der Waals surface area contributed by atoms with Gasteiger partial charge in [-0.15, -0.1) is 0 Å². The number of benzene rings is 1. The van der Waals surface area contributed by atoms with Gasteiger partial charge in [-0.2, -0.15) is 0 Å². The quantitative estimate of drug-likeness (QED) is 0.591. The standard InChI is InChI=1S/C8H12N2O/c1-10(2)7-3-6(9)4-8(11)5-7/h3-5,11H,9H2,1-2H3. The fraction of sp³-hybridized carbons (Fsp3) is 0.250. The highest BCUT2D eigenvalue weighted by molar-refractivity contribution is 5.59. The zero-order valence-electron chi connectivity index (χ0n) is 6.70. The molecule has 3 nitrogen and oxygen atoms in total. The average Bonchev–Trinajstić information content (AvgIpc) is 1.85. The zero-order chi connectivity index (χ0) is 8.43. The summed E-state index contributed by atoms with van der Waals surface area (Å²) in [5.74, 6) is 0.203. The van der Waals surface area contributed by atoms with Crippen LogP contribution in [0.2, 0.25) is 0 Å². The van der Waals surface area contributed by atoms with Crippen LogP contribution in [0, 0.1) is 0 Å². The van der Waals surface area contributed by atoms with Gasteiger partial charge in [-0.05, 0) is 6.07 Å². The Bertz CT molecular complexity index is 238. The Morgan fingerprint density at radius 1 is 1.27 bits per heavy atom. The fourth-order valence-corrected chi connectivity index (χ4v) is 0.876. The van der Waals surface area contributed by atoms with Gasteiger partial charge in [0.15, 0.2) is 0 Å². The second-order valence-corrected chi connectivity index (χ2v) is 2.68. The van der Waals surface area contributed by atoms with E-state index in [4.69, 9.17) is 10.8 Å². The van der Waals surface area contributed by atoms with Crippen molar-refractivity contribution >= 4 is 11.4 Å². The van der Waals surface area contributed by atoms with Crippen LogP contribution in [0.4, 0.5) is 11.4 Å². The van der Waals surface area contributed by atoms with Crippen LogP contribution in [-0.4, -0.2) is 19.2 Å². The molecule has 0 bridgehead atoms. The van der Waals surface area contributed by atoms with Crippen LogP contribution in [0.1, 0.15) is 0 Å². The highest BCUT2D eigenvalue weighted by Gasteiger charge is 1.97. The van der Waals surface area contributed by atoms with Gasteiger partial charge in [-0.1, -0.05) is 0 Å². The first-order valence-corrected chi connectivity index (χ1v) is 3.36. The number of anilines is 2. The second-order valence-electron chi connectivity index (χ2n) is 2.68. The summed E-state index contributed by atoms with van der Waals surface area (Å²) in [6.07, 6.45) is 0. The van der Waals surface area contributed by atoms with E-state index in [1.54, 1.807) is 12.1 Å². The molecule has 0 radical (unpaired) electrons. The van der Waals surface area contributed by atoms with Crippen molar-refractivity contribution in [3.63, 3.8) is 0 Å². The third-order valence-electron chi connectivity index (χ3n) is 1.44. The number of nitrogens with two attached hydrogens (primary N) is 1. The lowest BCUT2D eigenvalue weighted by Crippen LogP contribution is -2.08. The van der Waals surface area contributed by atoms with E-state index in [1.807, 2.05) is 19.0 Å². The molecule has 0 fully saturated rings. The van der Waals surface area contributed by atoms with Gasteiger partial charge in [-0.3, -0.25) is 0 Å². The van der Waals surface area contributed by atoms with E-state index in [0.29, 0.717) is 5.69 Å². The topological polar surface area (TPSA) is 49.5 Å². The van der Waals surface area contributed by atoms with Crippen LogP contribution in [0.3, 0.4) is 0 Å². The summed E-state index contributed by atoms with van der Waals surface area (Å²) in [6, 6.07) is 4.99.